The van der Waals surface area contributed by atoms with E-state index in [4.69, 9.17) is 0 Å². The van der Waals surface area contributed by atoms with Gasteiger partial charge in [-0.3, -0.25) is 0 Å². The first-order valence-electron chi connectivity index (χ1n) is 5.90. The molecule has 18 heavy (non-hydrogen) atoms. The maximum Gasteiger partial charge on any atom is 0.208 e. The minimum Gasteiger partial charge on any atom is -0.309 e. The zero-order valence-corrected chi connectivity index (χ0v) is 11.9. The molecule has 7 nitrogen and oxygen atoms in total. The molecule has 0 aromatic carbocycles. The quantitative estimate of drug-likeness (QED) is 0.629. The number of sulfonamides is 1. The van der Waals surface area contributed by atoms with Gasteiger partial charge in [0.2, 0.25) is 10.0 Å². The molecule has 0 amide bonds. The maximum atomic E-state index is 10.8. The van der Waals surface area contributed by atoms with E-state index in [1.54, 1.807) is 0 Å². The molecule has 0 aliphatic heterocycles. The fourth-order valence-corrected chi connectivity index (χ4v) is 1.92. The first-order valence-corrected chi connectivity index (χ1v) is 7.79. The molecule has 1 heterocycles. The van der Waals surface area contributed by atoms with Crippen molar-refractivity contribution in [3.05, 3.63) is 12.2 Å². The van der Waals surface area contributed by atoms with Crippen LogP contribution < -0.4 is 10.0 Å². The van der Waals surface area contributed by atoms with Crippen molar-refractivity contribution in [2.75, 3.05) is 19.3 Å². The molecule has 1 aromatic heterocycles. The van der Waals surface area contributed by atoms with Crippen LogP contribution in [0.15, 0.2) is 6.33 Å². The lowest BCUT2D eigenvalue weighted by Crippen LogP contribution is -2.31. The number of nitrogens with zero attached hydrogens (tertiary/aromatic N) is 3. The van der Waals surface area contributed by atoms with Gasteiger partial charge < -0.3 is 5.32 Å². The van der Waals surface area contributed by atoms with E-state index >= 15 is 0 Å². The molecule has 8 heteroatoms. The number of rotatable bonds is 8. The van der Waals surface area contributed by atoms with Crippen molar-refractivity contribution in [1.82, 2.24) is 24.8 Å². The van der Waals surface area contributed by atoms with Crippen LogP contribution in [-0.4, -0.2) is 42.5 Å². The third-order valence-electron chi connectivity index (χ3n) is 2.18. The SMILES string of the molecule is CC(C)Cn1ncnc1CNCCNS(C)(=O)=O. The smallest absolute Gasteiger partial charge is 0.208 e. The summed E-state index contributed by atoms with van der Waals surface area (Å²) in [7, 11) is -3.11. The van der Waals surface area contributed by atoms with Crippen LogP contribution in [0, 0.1) is 5.92 Å². The van der Waals surface area contributed by atoms with Crippen molar-refractivity contribution in [2.45, 2.75) is 26.9 Å². The van der Waals surface area contributed by atoms with E-state index in [0.717, 1.165) is 18.6 Å². The monoisotopic (exact) mass is 275 g/mol. The summed E-state index contributed by atoms with van der Waals surface area (Å²) in [5.74, 6) is 1.38. The van der Waals surface area contributed by atoms with Crippen molar-refractivity contribution in [1.29, 1.82) is 0 Å². The second kappa shape index (κ2) is 6.81. The molecule has 104 valence electrons. The summed E-state index contributed by atoms with van der Waals surface area (Å²) >= 11 is 0. The maximum absolute atomic E-state index is 10.8. The lowest BCUT2D eigenvalue weighted by atomic mass is 10.2. The van der Waals surface area contributed by atoms with Gasteiger partial charge in [0.05, 0.1) is 12.8 Å². The van der Waals surface area contributed by atoms with Gasteiger partial charge in [-0.15, -0.1) is 0 Å². The standard InChI is InChI=1S/C10H21N5O2S/c1-9(2)7-15-10(12-8-13-15)6-11-4-5-14-18(3,16)17/h8-9,11,14H,4-7H2,1-3H3. The summed E-state index contributed by atoms with van der Waals surface area (Å²) < 4.78 is 25.9. The van der Waals surface area contributed by atoms with Gasteiger partial charge >= 0.3 is 0 Å². The summed E-state index contributed by atoms with van der Waals surface area (Å²) in [6.45, 7) is 6.58. The number of aromatic nitrogens is 3. The topological polar surface area (TPSA) is 88.9 Å². The zero-order chi connectivity index (χ0) is 13.6. The highest BCUT2D eigenvalue weighted by Crippen LogP contribution is 2.00. The molecule has 0 aliphatic carbocycles. The van der Waals surface area contributed by atoms with Crippen molar-refractivity contribution < 1.29 is 8.42 Å². The molecule has 0 unspecified atom stereocenters. The minimum atomic E-state index is -3.11. The Bertz CT molecular complexity index is 455. The van der Waals surface area contributed by atoms with Crippen LogP contribution in [0.3, 0.4) is 0 Å². The summed E-state index contributed by atoms with van der Waals surface area (Å²) in [5, 5.41) is 7.27. The van der Waals surface area contributed by atoms with E-state index in [9.17, 15) is 8.42 Å². The van der Waals surface area contributed by atoms with Crippen LogP contribution in [-0.2, 0) is 23.1 Å². The van der Waals surface area contributed by atoms with E-state index in [-0.39, 0.29) is 0 Å². The van der Waals surface area contributed by atoms with Gasteiger partial charge in [0, 0.05) is 19.6 Å². The first kappa shape index (κ1) is 15.1. The molecule has 2 N–H and O–H groups in total. The molecule has 0 fully saturated rings. The van der Waals surface area contributed by atoms with Crippen LogP contribution in [0.2, 0.25) is 0 Å². The van der Waals surface area contributed by atoms with Gasteiger partial charge in [-0.1, -0.05) is 13.8 Å². The normalized spacial score (nSPS) is 12.2. The van der Waals surface area contributed by atoms with Gasteiger partial charge in [0.15, 0.2) is 0 Å². The lowest BCUT2D eigenvalue weighted by molar-refractivity contribution is 0.458. The van der Waals surface area contributed by atoms with E-state index in [1.807, 2.05) is 4.68 Å². The largest absolute Gasteiger partial charge is 0.309 e. The van der Waals surface area contributed by atoms with E-state index in [0.29, 0.717) is 25.6 Å². The van der Waals surface area contributed by atoms with Gasteiger partial charge in [-0.25, -0.2) is 22.8 Å². The van der Waals surface area contributed by atoms with Gasteiger partial charge in [0.1, 0.15) is 12.2 Å². The second-order valence-corrected chi connectivity index (χ2v) is 6.43. The van der Waals surface area contributed by atoms with E-state index < -0.39 is 10.0 Å². The third kappa shape index (κ3) is 6.08. The molecule has 0 bridgehead atoms. The van der Waals surface area contributed by atoms with Crippen molar-refractivity contribution in [3.63, 3.8) is 0 Å². The zero-order valence-electron chi connectivity index (χ0n) is 11.0. The minimum absolute atomic E-state index is 0.372. The Morgan fingerprint density at radius 3 is 2.72 bits per heavy atom. The predicted octanol–water partition coefficient (Wildman–Crippen LogP) is -0.427. The number of nitrogens with one attached hydrogen (secondary N) is 2. The van der Waals surface area contributed by atoms with Crippen LogP contribution >= 0.6 is 0 Å². The third-order valence-corrected chi connectivity index (χ3v) is 2.91. The van der Waals surface area contributed by atoms with Gasteiger partial charge in [-0.05, 0) is 5.92 Å². The molecule has 0 aliphatic rings. The molecular weight excluding hydrogens is 254 g/mol. The van der Waals surface area contributed by atoms with E-state index in [1.165, 1.54) is 6.33 Å². The molecule has 0 radical (unpaired) electrons. The summed E-state index contributed by atoms with van der Waals surface area (Å²) in [4.78, 5) is 4.17. The fraction of sp³-hybridized carbons (Fsp3) is 0.800. The van der Waals surface area contributed by atoms with Crippen LogP contribution in [0.4, 0.5) is 0 Å². The highest BCUT2D eigenvalue weighted by atomic mass is 32.2. The van der Waals surface area contributed by atoms with Gasteiger partial charge in [0.25, 0.3) is 0 Å². The molecule has 1 rings (SSSR count). The van der Waals surface area contributed by atoms with Crippen LogP contribution in [0.5, 0.6) is 0 Å². The Labute approximate surface area is 108 Å². The van der Waals surface area contributed by atoms with Crippen molar-refractivity contribution >= 4 is 10.0 Å². The van der Waals surface area contributed by atoms with Crippen LogP contribution in [0.1, 0.15) is 19.7 Å². The fourth-order valence-electron chi connectivity index (χ4n) is 1.45. The molecule has 0 atom stereocenters. The summed E-state index contributed by atoms with van der Waals surface area (Å²) in [5.41, 5.74) is 0. The number of hydrogen-bond donors (Lipinski definition) is 2. The van der Waals surface area contributed by atoms with Crippen molar-refractivity contribution in [3.8, 4) is 0 Å². The average Bonchev–Trinajstić information content (AvgIpc) is 2.62. The Morgan fingerprint density at radius 1 is 1.39 bits per heavy atom. The Balaban J connectivity index is 2.29. The molecule has 0 spiro atoms. The summed E-state index contributed by atoms with van der Waals surface area (Å²) in [6.07, 6.45) is 2.68. The second-order valence-electron chi connectivity index (χ2n) is 4.60. The van der Waals surface area contributed by atoms with Crippen molar-refractivity contribution in [2.24, 2.45) is 5.92 Å². The average molecular weight is 275 g/mol. The Kier molecular flexibility index (Phi) is 5.70. The lowest BCUT2D eigenvalue weighted by Gasteiger charge is -2.09. The highest BCUT2D eigenvalue weighted by molar-refractivity contribution is 7.88. The van der Waals surface area contributed by atoms with Crippen LogP contribution in [0.25, 0.3) is 0 Å². The summed E-state index contributed by atoms with van der Waals surface area (Å²) in [6, 6.07) is 0. The highest BCUT2D eigenvalue weighted by Gasteiger charge is 2.05. The molecule has 0 saturated heterocycles. The van der Waals surface area contributed by atoms with E-state index in [2.05, 4.69) is 34.0 Å². The molecular formula is C10H21N5O2S. The molecule has 0 saturated carbocycles. The predicted molar refractivity (Wildman–Crippen MR) is 69.4 cm³/mol. The molecule has 1 aromatic rings. The first-order chi connectivity index (χ1) is 8.38. The Hall–Kier alpha value is -0.990. The number of hydrogen-bond acceptors (Lipinski definition) is 5. The van der Waals surface area contributed by atoms with Gasteiger partial charge in [-0.2, -0.15) is 5.10 Å². The Morgan fingerprint density at radius 2 is 2.11 bits per heavy atom.